The van der Waals surface area contributed by atoms with Crippen molar-refractivity contribution in [2.24, 2.45) is 7.05 Å². The monoisotopic (exact) mass is 543 g/mol. The van der Waals surface area contributed by atoms with Crippen LogP contribution in [0.5, 0.6) is 0 Å². The third kappa shape index (κ3) is 5.56. The Hall–Kier alpha value is -4.61. The van der Waals surface area contributed by atoms with Crippen LogP contribution in [0.15, 0.2) is 48.8 Å². The van der Waals surface area contributed by atoms with Crippen molar-refractivity contribution in [2.75, 3.05) is 18.0 Å². The fourth-order valence-electron chi connectivity index (χ4n) is 4.93. The van der Waals surface area contributed by atoms with Crippen molar-refractivity contribution in [2.45, 2.75) is 52.2 Å². The van der Waals surface area contributed by atoms with Crippen LogP contribution in [0.1, 0.15) is 49.5 Å². The first-order valence-corrected chi connectivity index (χ1v) is 13.2. The number of tetrazole rings is 1. The van der Waals surface area contributed by atoms with Gasteiger partial charge in [0.25, 0.3) is 5.91 Å². The molecule has 4 heterocycles. The molecule has 40 heavy (non-hydrogen) atoms. The summed E-state index contributed by atoms with van der Waals surface area (Å²) in [6.45, 7) is 8.41. The predicted octanol–water partition coefficient (Wildman–Crippen LogP) is 4.02. The van der Waals surface area contributed by atoms with Crippen molar-refractivity contribution in [3.8, 4) is 22.6 Å². The number of nitrogens with zero attached hydrogens (tertiary/aromatic N) is 8. The fraction of sp³-hybridized carbons (Fsp3) is 0.393. The van der Waals surface area contributed by atoms with Crippen LogP contribution in [0.2, 0.25) is 0 Å². The van der Waals surface area contributed by atoms with Crippen molar-refractivity contribution < 1.29 is 14.3 Å². The maximum absolute atomic E-state index is 14.1. The van der Waals surface area contributed by atoms with Crippen LogP contribution in [-0.4, -0.2) is 77.0 Å². The molecule has 1 aliphatic heterocycles. The Morgan fingerprint density at radius 3 is 2.60 bits per heavy atom. The molecule has 3 aromatic heterocycles. The van der Waals surface area contributed by atoms with Gasteiger partial charge >= 0.3 is 6.09 Å². The number of aromatic amines is 1. The summed E-state index contributed by atoms with van der Waals surface area (Å²) in [5, 5.41) is 18.7. The van der Waals surface area contributed by atoms with Crippen LogP contribution in [0.3, 0.4) is 0 Å². The summed E-state index contributed by atoms with van der Waals surface area (Å²) in [5.74, 6) is 0.826. The Bertz CT molecular complexity index is 1490. The number of benzene rings is 1. The van der Waals surface area contributed by atoms with Gasteiger partial charge in [-0.2, -0.15) is 10.3 Å². The number of hydrogen-bond acceptors (Lipinski definition) is 8. The highest BCUT2D eigenvalue weighted by atomic mass is 16.6. The number of aromatic nitrogens is 7. The fourth-order valence-corrected chi connectivity index (χ4v) is 4.93. The lowest BCUT2D eigenvalue weighted by Gasteiger charge is -2.39. The van der Waals surface area contributed by atoms with Crippen molar-refractivity contribution in [1.29, 1.82) is 0 Å². The van der Waals surface area contributed by atoms with Gasteiger partial charge in [-0.15, -0.1) is 10.2 Å². The SMILES string of the molecule is Cc1cccnc1N(C(=O)c1ccc(-c2cnn(C)c2-c2nn[nH]n2)cc1)[C@@H]1CCCN(C(=O)OC(C)(C)C)C1. The number of ether oxygens (including phenoxy) is 1. The first kappa shape index (κ1) is 27.0. The number of rotatable bonds is 5. The molecule has 12 heteroatoms. The van der Waals surface area contributed by atoms with E-state index >= 15 is 0 Å². The summed E-state index contributed by atoms with van der Waals surface area (Å²) in [6.07, 6.45) is 4.53. The van der Waals surface area contributed by atoms with Gasteiger partial charge in [-0.3, -0.25) is 14.4 Å². The number of carbonyl (C=O) groups excluding carboxylic acids is 2. The molecular formula is C28H33N9O3. The van der Waals surface area contributed by atoms with E-state index in [4.69, 9.17) is 4.74 Å². The van der Waals surface area contributed by atoms with E-state index in [0.717, 1.165) is 29.5 Å². The van der Waals surface area contributed by atoms with Crippen molar-refractivity contribution in [3.63, 3.8) is 0 Å². The number of H-pyrrole nitrogens is 1. The second kappa shape index (κ2) is 10.9. The minimum atomic E-state index is -0.600. The van der Waals surface area contributed by atoms with Crippen molar-refractivity contribution in [3.05, 3.63) is 59.9 Å². The minimum Gasteiger partial charge on any atom is -0.444 e. The average Bonchev–Trinajstić information content (AvgIpc) is 3.59. The number of pyridine rings is 1. The third-order valence-electron chi connectivity index (χ3n) is 6.78. The first-order valence-electron chi connectivity index (χ1n) is 13.2. The topological polar surface area (TPSA) is 135 Å². The number of aryl methyl sites for hydroxylation is 2. The highest BCUT2D eigenvalue weighted by Crippen LogP contribution is 2.31. The van der Waals surface area contributed by atoms with E-state index in [1.807, 2.05) is 59.0 Å². The second-order valence-electron chi connectivity index (χ2n) is 10.9. The molecule has 1 saturated heterocycles. The lowest BCUT2D eigenvalue weighted by Crippen LogP contribution is -2.53. The van der Waals surface area contributed by atoms with Crippen LogP contribution in [-0.2, 0) is 11.8 Å². The van der Waals surface area contributed by atoms with Crippen LogP contribution < -0.4 is 4.90 Å². The second-order valence-corrected chi connectivity index (χ2v) is 10.9. The molecule has 0 saturated carbocycles. The smallest absolute Gasteiger partial charge is 0.410 e. The molecule has 1 fully saturated rings. The van der Waals surface area contributed by atoms with Crippen LogP contribution in [0.25, 0.3) is 22.6 Å². The molecule has 1 aliphatic rings. The molecule has 2 amide bonds. The van der Waals surface area contributed by atoms with E-state index in [0.29, 0.717) is 36.0 Å². The van der Waals surface area contributed by atoms with E-state index in [2.05, 4.69) is 30.7 Å². The average molecular weight is 544 g/mol. The number of hydrogen-bond donors (Lipinski definition) is 1. The molecule has 0 aliphatic carbocycles. The maximum Gasteiger partial charge on any atom is 0.410 e. The minimum absolute atomic E-state index is 0.186. The number of likely N-dealkylation sites (tertiary alicyclic amines) is 1. The van der Waals surface area contributed by atoms with Crippen molar-refractivity contribution in [1.82, 2.24) is 40.3 Å². The molecule has 1 N–H and O–H groups in total. The van der Waals surface area contributed by atoms with E-state index in [1.54, 1.807) is 39.0 Å². The highest BCUT2D eigenvalue weighted by molar-refractivity contribution is 6.06. The zero-order valence-corrected chi connectivity index (χ0v) is 23.3. The van der Waals surface area contributed by atoms with E-state index in [9.17, 15) is 9.59 Å². The van der Waals surface area contributed by atoms with Gasteiger partial charge in [-0.1, -0.05) is 18.2 Å². The van der Waals surface area contributed by atoms with Gasteiger partial charge in [0.15, 0.2) is 0 Å². The van der Waals surface area contributed by atoms with Gasteiger partial charge in [0.1, 0.15) is 17.1 Å². The first-order chi connectivity index (χ1) is 19.1. The van der Waals surface area contributed by atoms with Gasteiger partial charge in [-0.05, 0) is 75.1 Å². The molecule has 4 aromatic rings. The molecule has 0 spiro atoms. The summed E-state index contributed by atoms with van der Waals surface area (Å²) in [6, 6.07) is 10.9. The summed E-state index contributed by atoms with van der Waals surface area (Å²) >= 11 is 0. The number of amides is 2. The molecule has 1 aromatic carbocycles. The lowest BCUT2D eigenvalue weighted by atomic mass is 10.0. The van der Waals surface area contributed by atoms with Crippen molar-refractivity contribution >= 4 is 17.8 Å². The van der Waals surface area contributed by atoms with Crippen LogP contribution in [0, 0.1) is 6.92 Å². The van der Waals surface area contributed by atoms with E-state index in [1.165, 1.54) is 0 Å². The number of anilines is 1. The van der Waals surface area contributed by atoms with Gasteiger partial charge in [0, 0.05) is 37.5 Å². The molecule has 5 rings (SSSR count). The molecule has 0 bridgehead atoms. The van der Waals surface area contributed by atoms with Gasteiger partial charge in [0.2, 0.25) is 5.82 Å². The largest absolute Gasteiger partial charge is 0.444 e. The summed E-state index contributed by atoms with van der Waals surface area (Å²) < 4.78 is 7.30. The maximum atomic E-state index is 14.1. The number of piperidine rings is 1. The lowest BCUT2D eigenvalue weighted by molar-refractivity contribution is 0.0196. The molecule has 0 unspecified atom stereocenters. The summed E-state index contributed by atoms with van der Waals surface area (Å²) in [7, 11) is 1.81. The molecule has 12 nitrogen and oxygen atoms in total. The zero-order chi connectivity index (χ0) is 28.4. The Morgan fingerprint density at radius 1 is 1.15 bits per heavy atom. The Kier molecular flexibility index (Phi) is 7.33. The van der Waals surface area contributed by atoms with E-state index in [-0.39, 0.29) is 18.0 Å². The summed E-state index contributed by atoms with van der Waals surface area (Å²) in [5.41, 5.74) is 3.18. The standard InChI is InChI=1S/C28H33N9O3/c1-18-8-6-14-29-25(18)37(21-9-7-15-36(17-21)27(39)40-28(2,3)4)26(38)20-12-10-19(11-13-20)22-16-30-35(5)23(22)24-31-33-34-32-24/h6,8,10-14,16,21H,7,9,15,17H2,1-5H3,(H,31,32,33,34)/t21-/m1/s1. The molecule has 208 valence electrons. The predicted molar refractivity (Wildman–Crippen MR) is 148 cm³/mol. The number of nitrogens with one attached hydrogen (secondary N) is 1. The van der Waals surface area contributed by atoms with Gasteiger partial charge in [0.05, 0.1) is 12.2 Å². The van der Waals surface area contributed by atoms with Gasteiger partial charge < -0.3 is 9.64 Å². The van der Waals surface area contributed by atoms with Crippen LogP contribution >= 0.6 is 0 Å². The highest BCUT2D eigenvalue weighted by Gasteiger charge is 2.35. The molecule has 0 radical (unpaired) electrons. The Labute approximate surface area is 232 Å². The van der Waals surface area contributed by atoms with E-state index < -0.39 is 5.60 Å². The van der Waals surface area contributed by atoms with Crippen LogP contribution in [0.4, 0.5) is 10.6 Å². The normalized spacial score (nSPS) is 15.6. The molecular weight excluding hydrogens is 510 g/mol. The Balaban J connectivity index is 1.45. The molecule has 1 atom stereocenters. The zero-order valence-electron chi connectivity index (χ0n) is 23.3. The number of carbonyl (C=O) groups is 2. The quantitative estimate of drug-likeness (QED) is 0.399. The van der Waals surface area contributed by atoms with Gasteiger partial charge in [-0.25, -0.2) is 9.78 Å². The third-order valence-corrected chi connectivity index (χ3v) is 6.78. The Morgan fingerprint density at radius 2 is 1.93 bits per heavy atom. The summed E-state index contributed by atoms with van der Waals surface area (Å²) in [4.78, 5) is 35.0.